The summed E-state index contributed by atoms with van der Waals surface area (Å²) in [4.78, 5) is 39.7. The number of anilines is 2. The lowest BCUT2D eigenvalue weighted by atomic mass is 10.1. The number of halogens is 1. The molecule has 0 aliphatic carbocycles. The number of amides is 2. The Kier molecular flexibility index (Phi) is 6.99. The highest BCUT2D eigenvalue weighted by Gasteiger charge is 2.35. The molecular weight excluding hydrogens is 416 g/mol. The van der Waals surface area contributed by atoms with Gasteiger partial charge >= 0.3 is 0 Å². The van der Waals surface area contributed by atoms with Crippen LogP contribution in [0.1, 0.15) is 12.8 Å². The summed E-state index contributed by atoms with van der Waals surface area (Å²) in [6, 6.07) is 9.00. The zero-order chi connectivity index (χ0) is 21.6. The third-order valence-corrected chi connectivity index (χ3v) is 6.01. The fraction of sp³-hybridized carbons (Fsp3) is 0.455. The van der Waals surface area contributed by atoms with Crippen molar-refractivity contribution >= 4 is 35.1 Å². The Morgan fingerprint density at radius 3 is 2.65 bits per heavy atom. The lowest BCUT2D eigenvalue weighted by molar-refractivity contribution is -0.126. The molecule has 2 aromatic rings. The molecule has 2 aliphatic heterocycles. The van der Waals surface area contributed by atoms with Crippen LogP contribution in [0.3, 0.4) is 0 Å². The van der Waals surface area contributed by atoms with E-state index in [2.05, 4.69) is 25.1 Å². The standard InChI is InChI=1S/C22H27ClN6O2/c23-18-4-1-5-19(15-18)29-16-17(14-20(29)30)21(31)24-8-3-9-27-10-12-28(13-11-27)22-25-6-2-7-26-22/h1-2,4-7,15,17H,3,8-14,16H2,(H,24,31)/t17-/m0/s1. The minimum Gasteiger partial charge on any atom is -0.356 e. The molecule has 2 aliphatic rings. The summed E-state index contributed by atoms with van der Waals surface area (Å²) in [6.07, 6.45) is 4.65. The number of aromatic nitrogens is 2. The van der Waals surface area contributed by atoms with Crippen molar-refractivity contribution in [3.63, 3.8) is 0 Å². The summed E-state index contributed by atoms with van der Waals surface area (Å²) in [6.45, 7) is 5.66. The first-order valence-electron chi connectivity index (χ1n) is 10.7. The first kappa shape index (κ1) is 21.5. The minimum absolute atomic E-state index is 0.0392. The van der Waals surface area contributed by atoms with Gasteiger partial charge in [-0.25, -0.2) is 9.97 Å². The fourth-order valence-electron chi connectivity index (χ4n) is 4.06. The van der Waals surface area contributed by atoms with Gasteiger partial charge in [-0.2, -0.15) is 0 Å². The Labute approximate surface area is 187 Å². The van der Waals surface area contributed by atoms with Crippen molar-refractivity contribution in [1.82, 2.24) is 20.2 Å². The molecule has 4 rings (SSSR count). The Morgan fingerprint density at radius 2 is 1.90 bits per heavy atom. The molecule has 0 bridgehead atoms. The van der Waals surface area contributed by atoms with Gasteiger partial charge in [0.25, 0.3) is 0 Å². The second-order valence-electron chi connectivity index (χ2n) is 7.91. The van der Waals surface area contributed by atoms with Gasteiger partial charge < -0.3 is 15.1 Å². The summed E-state index contributed by atoms with van der Waals surface area (Å²) in [5.74, 6) is 0.375. The van der Waals surface area contributed by atoms with Crippen LogP contribution < -0.4 is 15.1 Å². The van der Waals surface area contributed by atoms with Crippen LogP contribution in [0.5, 0.6) is 0 Å². The van der Waals surface area contributed by atoms with Crippen molar-refractivity contribution in [3.05, 3.63) is 47.7 Å². The second kappa shape index (κ2) is 10.1. The molecule has 2 fully saturated rings. The van der Waals surface area contributed by atoms with Crippen LogP contribution in [0, 0.1) is 5.92 Å². The predicted octanol–water partition coefficient (Wildman–Crippen LogP) is 1.81. The summed E-state index contributed by atoms with van der Waals surface area (Å²) >= 11 is 6.03. The van der Waals surface area contributed by atoms with Crippen LogP contribution in [0.15, 0.2) is 42.7 Å². The van der Waals surface area contributed by atoms with E-state index in [-0.39, 0.29) is 24.2 Å². The van der Waals surface area contributed by atoms with E-state index in [9.17, 15) is 9.59 Å². The molecule has 1 N–H and O–H groups in total. The van der Waals surface area contributed by atoms with Gasteiger partial charge in [0.15, 0.2) is 0 Å². The van der Waals surface area contributed by atoms with Gasteiger partial charge in [0.2, 0.25) is 17.8 Å². The molecule has 1 aromatic heterocycles. The smallest absolute Gasteiger partial charge is 0.227 e. The van der Waals surface area contributed by atoms with Gasteiger partial charge in [-0.05, 0) is 37.2 Å². The number of hydrogen-bond acceptors (Lipinski definition) is 6. The van der Waals surface area contributed by atoms with Crippen molar-refractivity contribution in [2.45, 2.75) is 12.8 Å². The van der Waals surface area contributed by atoms with Crippen LogP contribution in [0.4, 0.5) is 11.6 Å². The number of nitrogens with one attached hydrogen (secondary N) is 1. The van der Waals surface area contributed by atoms with E-state index in [0.29, 0.717) is 18.1 Å². The maximum Gasteiger partial charge on any atom is 0.227 e. The molecule has 2 saturated heterocycles. The average Bonchev–Trinajstić information content (AvgIpc) is 3.19. The maximum atomic E-state index is 12.5. The molecule has 8 nitrogen and oxygen atoms in total. The Bertz CT molecular complexity index is 904. The molecule has 1 aromatic carbocycles. The Hall–Kier alpha value is -2.71. The third-order valence-electron chi connectivity index (χ3n) is 5.77. The van der Waals surface area contributed by atoms with Gasteiger partial charge in [-0.1, -0.05) is 17.7 Å². The van der Waals surface area contributed by atoms with Crippen LogP contribution in [0.25, 0.3) is 0 Å². The monoisotopic (exact) mass is 442 g/mol. The first-order valence-corrected chi connectivity index (χ1v) is 11.1. The highest BCUT2D eigenvalue weighted by molar-refractivity contribution is 6.31. The average molecular weight is 443 g/mol. The Balaban J connectivity index is 1.15. The van der Waals surface area contributed by atoms with Gasteiger partial charge in [0.1, 0.15) is 0 Å². The molecule has 1 atom stereocenters. The quantitative estimate of drug-likeness (QED) is 0.658. The van der Waals surface area contributed by atoms with E-state index in [0.717, 1.165) is 50.8 Å². The van der Waals surface area contributed by atoms with Gasteiger partial charge in [0.05, 0.1) is 5.92 Å². The van der Waals surface area contributed by atoms with Crippen molar-refractivity contribution in [3.8, 4) is 0 Å². The first-order chi connectivity index (χ1) is 15.1. The van der Waals surface area contributed by atoms with Crippen molar-refractivity contribution in [2.75, 3.05) is 55.6 Å². The number of nitrogens with zero attached hydrogens (tertiary/aromatic N) is 5. The predicted molar refractivity (Wildman–Crippen MR) is 120 cm³/mol. The summed E-state index contributed by atoms with van der Waals surface area (Å²) < 4.78 is 0. The highest BCUT2D eigenvalue weighted by atomic mass is 35.5. The van der Waals surface area contributed by atoms with E-state index in [1.54, 1.807) is 29.4 Å². The lowest BCUT2D eigenvalue weighted by Crippen LogP contribution is -2.47. The van der Waals surface area contributed by atoms with Crippen LogP contribution >= 0.6 is 11.6 Å². The second-order valence-corrected chi connectivity index (χ2v) is 8.34. The van der Waals surface area contributed by atoms with E-state index < -0.39 is 0 Å². The normalized spacial score (nSPS) is 19.6. The van der Waals surface area contributed by atoms with E-state index >= 15 is 0 Å². The number of carbonyl (C=O) groups excluding carboxylic acids is 2. The van der Waals surface area contributed by atoms with E-state index in [1.807, 2.05) is 18.2 Å². The van der Waals surface area contributed by atoms with Crippen LogP contribution in [-0.2, 0) is 9.59 Å². The molecule has 2 amide bonds. The molecular formula is C22H27ClN6O2. The van der Waals surface area contributed by atoms with Gasteiger partial charge in [-0.15, -0.1) is 0 Å². The number of hydrogen-bond donors (Lipinski definition) is 1. The molecule has 0 unspecified atom stereocenters. The fourth-order valence-corrected chi connectivity index (χ4v) is 4.25. The number of piperazine rings is 1. The minimum atomic E-state index is -0.319. The molecule has 164 valence electrons. The van der Waals surface area contributed by atoms with Crippen LogP contribution in [-0.4, -0.2) is 72.5 Å². The molecule has 0 spiro atoms. The van der Waals surface area contributed by atoms with Crippen molar-refractivity contribution in [2.24, 2.45) is 5.92 Å². The van der Waals surface area contributed by atoms with Gasteiger partial charge in [0, 0.05) is 68.8 Å². The molecule has 9 heteroatoms. The third kappa shape index (κ3) is 5.51. The topological polar surface area (TPSA) is 81.7 Å². The molecule has 0 radical (unpaired) electrons. The SMILES string of the molecule is O=C(NCCCN1CCN(c2ncccn2)CC1)[C@H]1CC(=O)N(c2cccc(Cl)c2)C1. The molecule has 0 saturated carbocycles. The maximum absolute atomic E-state index is 12.5. The number of benzene rings is 1. The number of carbonyl (C=O) groups is 2. The van der Waals surface area contributed by atoms with Gasteiger partial charge in [-0.3, -0.25) is 14.5 Å². The number of rotatable bonds is 7. The molecule has 3 heterocycles. The highest BCUT2D eigenvalue weighted by Crippen LogP contribution is 2.27. The summed E-state index contributed by atoms with van der Waals surface area (Å²) in [5.41, 5.74) is 0.743. The molecule has 31 heavy (non-hydrogen) atoms. The summed E-state index contributed by atoms with van der Waals surface area (Å²) in [7, 11) is 0. The van der Waals surface area contributed by atoms with Crippen molar-refractivity contribution < 1.29 is 9.59 Å². The van der Waals surface area contributed by atoms with E-state index in [4.69, 9.17) is 11.6 Å². The zero-order valence-corrected chi connectivity index (χ0v) is 18.2. The zero-order valence-electron chi connectivity index (χ0n) is 17.4. The Morgan fingerprint density at radius 1 is 1.13 bits per heavy atom. The van der Waals surface area contributed by atoms with Crippen LogP contribution in [0.2, 0.25) is 5.02 Å². The van der Waals surface area contributed by atoms with Crippen molar-refractivity contribution in [1.29, 1.82) is 0 Å². The lowest BCUT2D eigenvalue weighted by Gasteiger charge is -2.34. The summed E-state index contributed by atoms with van der Waals surface area (Å²) in [5, 5.41) is 3.58. The van der Waals surface area contributed by atoms with E-state index in [1.165, 1.54) is 0 Å². The largest absolute Gasteiger partial charge is 0.356 e.